The number of pyridine rings is 2. The Labute approximate surface area is 125 Å². The van der Waals surface area contributed by atoms with E-state index in [0.29, 0.717) is 6.42 Å². The molecule has 0 aliphatic heterocycles. The largest absolute Gasteiger partial charge is 0.477 e. The number of rotatable bonds is 3. The summed E-state index contributed by atoms with van der Waals surface area (Å²) < 4.78 is 1.06. The molecule has 0 unspecified atom stereocenters. The first-order valence-electron chi connectivity index (χ1n) is 6.63. The maximum Gasteiger partial charge on any atom is 0.341 e. The highest BCUT2D eigenvalue weighted by Gasteiger charge is 2.15. The smallest absolute Gasteiger partial charge is 0.341 e. The van der Waals surface area contributed by atoms with Crippen molar-refractivity contribution < 1.29 is 9.90 Å². The van der Waals surface area contributed by atoms with Crippen LogP contribution in [0.5, 0.6) is 0 Å². The van der Waals surface area contributed by atoms with E-state index >= 15 is 0 Å². The van der Waals surface area contributed by atoms with Gasteiger partial charge in [0.2, 0.25) is 5.43 Å². The molecule has 3 aromatic rings. The van der Waals surface area contributed by atoms with Crippen LogP contribution in [0.3, 0.4) is 0 Å². The van der Waals surface area contributed by atoms with Crippen molar-refractivity contribution >= 4 is 17.0 Å². The highest BCUT2D eigenvalue weighted by atomic mass is 16.4. The van der Waals surface area contributed by atoms with E-state index < -0.39 is 11.4 Å². The summed E-state index contributed by atoms with van der Waals surface area (Å²) in [6, 6.07) is 11.4. The lowest BCUT2D eigenvalue weighted by Crippen LogP contribution is -2.23. The molecule has 0 radical (unpaired) electrons. The van der Waals surface area contributed by atoms with E-state index in [4.69, 9.17) is 10.9 Å². The zero-order chi connectivity index (χ0) is 15.7. The van der Waals surface area contributed by atoms with Crippen molar-refractivity contribution in [1.82, 2.24) is 9.66 Å². The zero-order valence-corrected chi connectivity index (χ0v) is 11.6. The maximum absolute atomic E-state index is 12.2. The summed E-state index contributed by atoms with van der Waals surface area (Å²) in [7, 11) is 0. The summed E-state index contributed by atoms with van der Waals surface area (Å²) in [6.07, 6.45) is 3.32. The Balaban J connectivity index is 2.14. The van der Waals surface area contributed by atoms with Gasteiger partial charge in [-0.3, -0.25) is 9.47 Å². The summed E-state index contributed by atoms with van der Waals surface area (Å²) in [4.78, 5) is 27.5. The highest BCUT2D eigenvalue weighted by Crippen LogP contribution is 2.13. The number of carbonyl (C=O) groups is 1. The van der Waals surface area contributed by atoms with Crippen LogP contribution in [0, 0.1) is 0 Å². The number of fused-ring (bicyclic) bond motifs is 1. The quantitative estimate of drug-likeness (QED) is 0.712. The minimum Gasteiger partial charge on any atom is -0.477 e. The molecule has 0 amide bonds. The predicted molar refractivity (Wildman–Crippen MR) is 82.4 cm³/mol. The molecule has 3 N–H and O–H groups in total. The molecule has 1 aromatic carbocycles. The van der Waals surface area contributed by atoms with Gasteiger partial charge in [0.25, 0.3) is 0 Å². The number of nitrogens with zero attached hydrogens (tertiary/aromatic N) is 2. The van der Waals surface area contributed by atoms with Gasteiger partial charge in [0.05, 0.1) is 5.39 Å². The Hall–Kier alpha value is -3.15. The van der Waals surface area contributed by atoms with Crippen molar-refractivity contribution in [1.29, 1.82) is 0 Å². The number of aromatic nitrogens is 2. The lowest BCUT2D eigenvalue weighted by atomic mass is 10.1. The van der Waals surface area contributed by atoms with Gasteiger partial charge >= 0.3 is 5.97 Å². The van der Waals surface area contributed by atoms with Gasteiger partial charge in [-0.1, -0.05) is 30.3 Å². The van der Waals surface area contributed by atoms with E-state index in [0.717, 1.165) is 22.0 Å². The Morgan fingerprint density at radius 2 is 1.95 bits per heavy atom. The molecule has 0 saturated carbocycles. The summed E-state index contributed by atoms with van der Waals surface area (Å²) in [6.45, 7) is 0. The molecule has 2 aromatic heterocycles. The minimum absolute atomic E-state index is 0.204. The van der Waals surface area contributed by atoms with E-state index in [2.05, 4.69) is 4.98 Å². The minimum atomic E-state index is -1.31. The lowest BCUT2D eigenvalue weighted by molar-refractivity contribution is 0.0695. The molecule has 110 valence electrons. The normalized spacial score (nSPS) is 10.7. The van der Waals surface area contributed by atoms with Gasteiger partial charge in [-0.25, -0.2) is 9.78 Å². The third-order valence-corrected chi connectivity index (χ3v) is 3.41. The third-order valence-electron chi connectivity index (χ3n) is 3.41. The van der Waals surface area contributed by atoms with Crippen LogP contribution in [0.1, 0.15) is 21.5 Å². The molecule has 0 saturated heterocycles. The molecule has 6 nitrogen and oxygen atoms in total. The highest BCUT2D eigenvalue weighted by molar-refractivity contribution is 5.91. The molecular weight excluding hydrogens is 282 g/mol. The van der Waals surface area contributed by atoms with Gasteiger partial charge in [0, 0.05) is 12.4 Å². The fourth-order valence-corrected chi connectivity index (χ4v) is 2.36. The first-order valence-corrected chi connectivity index (χ1v) is 6.63. The molecule has 0 fully saturated rings. The van der Waals surface area contributed by atoms with Crippen molar-refractivity contribution in [2.75, 3.05) is 5.84 Å². The number of hydrogen-bond donors (Lipinski definition) is 2. The molecule has 0 aliphatic carbocycles. The van der Waals surface area contributed by atoms with Crippen LogP contribution in [0.15, 0.2) is 53.6 Å². The fraction of sp³-hybridized carbons (Fsp3) is 0.0625. The van der Waals surface area contributed by atoms with E-state index in [1.165, 1.54) is 0 Å². The van der Waals surface area contributed by atoms with Crippen LogP contribution >= 0.6 is 0 Å². The second kappa shape index (κ2) is 5.33. The van der Waals surface area contributed by atoms with Crippen molar-refractivity contribution in [3.63, 3.8) is 0 Å². The number of carboxylic acids is 1. The Morgan fingerprint density at radius 3 is 2.64 bits per heavy atom. The van der Waals surface area contributed by atoms with E-state index in [-0.39, 0.29) is 16.6 Å². The molecule has 0 spiro atoms. The van der Waals surface area contributed by atoms with Gasteiger partial charge in [-0.15, -0.1) is 0 Å². The standard InChI is InChI=1S/C16H13N3O3/c17-19-9-13(16(21)22)14(20)12-7-11(8-18-15(12)19)6-10-4-2-1-3-5-10/h1-5,7-9H,6,17H2,(H,21,22). The Kier molecular flexibility index (Phi) is 3.34. The van der Waals surface area contributed by atoms with Crippen LogP contribution in [0.25, 0.3) is 11.0 Å². The van der Waals surface area contributed by atoms with Gasteiger partial charge in [-0.05, 0) is 23.6 Å². The van der Waals surface area contributed by atoms with E-state index in [9.17, 15) is 9.59 Å². The van der Waals surface area contributed by atoms with Crippen molar-refractivity contribution in [3.05, 3.63) is 75.7 Å². The van der Waals surface area contributed by atoms with Gasteiger partial charge < -0.3 is 10.9 Å². The SMILES string of the molecule is Nn1cc(C(=O)O)c(=O)c2cc(Cc3ccccc3)cnc21. The maximum atomic E-state index is 12.2. The number of hydrogen-bond acceptors (Lipinski definition) is 4. The second-order valence-corrected chi connectivity index (χ2v) is 4.96. The van der Waals surface area contributed by atoms with Gasteiger partial charge in [0.1, 0.15) is 5.56 Å². The molecule has 0 bridgehead atoms. The summed E-state index contributed by atoms with van der Waals surface area (Å²) >= 11 is 0. The van der Waals surface area contributed by atoms with Crippen molar-refractivity contribution in [3.8, 4) is 0 Å². The first-order chi connectivity index (χ1) is 10.6. The number of aromatic carboxylic acids is 1. The molecule has 22 heavy (non-hydrogen) atoms. The third kappa shape index (κ3) is 2.42. The molecular formula is C16H13N3O3. The summed E-state index contributed by atoms with van der Waals surface area (Å²) in [5, 5.41) is 9.27. The first kappa shape index (κ1) is 13.8. The molecule has 6 heteroatoms. The average molecular weight is 295 g/mol. The van der Waals surface area contributed by atoms with E-state index in [1.807, 2.05) is 30.3 Å². The van der Waals surface area contributed by atoms with Crippen LogP contribution in [-0.4, -0.2) is 20.7 Å². The number of carboxylic acid groups (broad SMARTS) is 1. The summed E-state index contributed by atoms with van der Waals surface area (Å²) in [5.74, 6) is 4.41. The fourth-order valence-electron chi connectivity index (χ4n) is 2.36. The molecule has 3 rings (SSSR count). The van der Waals surface area contributed by atoms with Crippen LogP contribution < -0.4 is 11.3 Å². The predicted octanol–water partition coefficient (Wildman–Crippen LogP) is 1.40. The van der Waals surface area contributed by atoms with Gasteiger partial charge in [-0.2, -0.15) is 0 Å². The van der Waals surface area contributed by atoms with Crippen LogP contribution in [-0.2, 0) is 6.42 Å². The zero-order valence-electron chi connectivity index (χ0n) is 11.6. The van der Waals surface area contributed by atoms with Crippen molar-refractivity contribution in [2.24, 2.45) is 0 Å². The number of nitrogen functional groups attached to an aromatic ring is 1. The number of nitrogens with two attached hydrogens (primary N) is 1. The van der Waals surface area contributed by atoms with E-state index in [1.54, 1.807) is 12.3 Å². The topological polar surface area (TPSA) is 98.2 Å². The number of benzene rings is 1. The molecule has 0 atom stereocenters. The lowest BCUT2D eigenvalue weighted by Gasteiger charge is -2.08. The van der Waals surface area contributed by atoms with Crippen LogP contribution in [0.2, 0.25) is 0 Å². The molecule has 2 heterocycles. The summed E-state index contributed by atoms with van der Waals surface area (Å²) in [5.41, 5.74) is 1.21. The second-order valence-electron chi connectivity index (χ2n) is 4.96. The monoisotopic (exact) mass is 295 g/mol. The van der Waals surface area contributed by atoms with Gasteiger partial charge in [0.15, 0.2) is 5.65 Å². The molecule has 0 aliphatic rings. The Morgan fingerprint density at radius 1 is 1.23 bits per heavy atom. The van der Waals surface area contributed by atoms with Crippen LogP contribution in [0.4, 0.5) is 0 Å². The Bertz CT molecular complexity index is 917. The van der Waals surface area contributed by atoms with Crippen molar-refractivity contribution in [2.45, 2.75) is 6.42 Å². The average Bonchev–Trinajstić information content (AvgIpc) is 2.51.